The smallest absolute Gasteiger partial charge is 0.237 e. The lowest BCUT2D eigenvalue weighted by molar-refractivity contribution is -0.129. The number of amidine groups is 1. The zero-order valence-electron chi connectivity index (χ0n) is 17.4. The maximum atomic E-state index is 12.8. The molecule has 0 radical (unpaired) electrons. The number of nitrogens with zero attached hydrogens (tertiary/aromatic N) is 1. The number of rotatable bonds is 7. The Morgan fingerprint density at radius 2 is 1.90 bits per heavy atom. The molecule has 7 heteroatoms. The van der Waals surface area contributed by atoms with E-state index in [9.17, 15) is 9.59 Å². The number of hydrogen-bond donors (Lipinski definition) is 4. The predicted molar refractivity (Wildman–Crippen MR) is 117 cm³/mol. The Labute approximate surface area is 176 Å². The first-order valence-corrected chi connectivity index (χ1v) is 10.1. The third-order valence-corrected chi connectivity index (χ3v) is 5.79. The molecular weight excluding hydrogens is 378 g/mol. The summed E-state index contributed by atoms with van der Waals surface area (Å²) in [6.07, 6.45) is 0.614. The van der Waals surface area contributed by atoms with E-state index in [4.69, 9.17) is 16.9 Å². The van der Waals surface area contributed by atoms with Crippen molar-refractivity contribution in [2.45, 2.75) is 44.8 Å². The Kier molecular flexibility index (Phi) is 6.52. The predicted octanol–water partition coefficient (Wildman–Crippen LogP) is 1.63. The monoisotopic (exact) mass is 407 g/mol. The van der Waals surface area contributed by atoms with E-state index in [0.717, 1.165) is 5.56 Å². The van der Waals surface area contributed by atoms with E-state index >= 15 is 0 Å². The number of primary amides is 1. The Balaban J connectivity index is 1.65. The number of nitrogens with one attached hydrogen (secondary N) is 2. The zero-order chi connectivity index (χ0) is 21.8. The molecule has 30 heavy (non-hydrogen) atoms. The van der Waals surface area contributed by atoms with E-state index in [1.54, 1.807) is 12.1 Å². The standard InChI is InChI=1S/C23H29N5O2/c1-14-4-3-5-18(10-14)19-11-20(22(26)29)28(13-19)15(2)23(30)27-12-16-6-8-17(9-7-16)21(24)25/h3-10,15,19-20H,11-13H2,1-2H3,(H3,24,25)(H2,26,29)(H,27,30)/t15-,19?,20?/m0/s1. The summed E-state index contributed by atoms with van der Waals surface area (Å²) < 4.78 is 0. The second-order valence-corrected chi connectivity index (χ2v) is 7.97. The van der Waals surface area contributed by atoms with Crippen LogP contribution in [0.15, 0.2) is 48.5 Å². The summed E-state index contributed by atoms with van der Waals surface area (Å²) in [4.78, 5) is 26.8. The van der Waals surface area contributed by atoms with Crippen LogP contribution in [0.3, 0.4) is 0 Å². The highest BCUT2D eigenvalue weighted by Crippen LogP contribution is 2.33. The largest absolute Gasteiger partial charge is 0.384 e. The third-order valence-electron chi connectivity index (χ3n) is 5.79. The summed E-state index contributed by atoms with van der Waals surface area (Å²) >= 11 is 0. The second-order valence-electron chi connectivity index (χ2n) is 7.97. The summed E-state index contributed by atoms with van der Waals surface area (Å²) in [7, 11) is 0. The van der Waals surface area contributed by atoms with Gasteiger partial charge >= 0.3 is 0 Å². The fraction of sp³-hybridized carbons (Fsp3) is 0.348. The lowest BCUT2D eigenvalue weighted by Gasteiger charge is -2.28. The van der Waals surface area contributed by atoms with E-state index in [1.807, 2.05) is 43.0 Å². The molecule has 2 unspecified atom stereocenters. The van der Waals surface area contributed by atoms with E-state index in [-0.39, 0.29) is 17.7 Å². The first kappa shape index (κ1) is 21.5. The SMILES string of the molecule is Cc1cccc(C2CC(C(N)=O)N([C@@H](C)C(=O)NCc3ccc(C(=N)N)cc3)C2)c1. The van der Waals surface area contributed by atoms with Crippen molar-refractivity contribution in [1.29, 1.82) is 5.41 Å². The molecule has 0 aliphatic carbocycles. The van der Waals surface area contributed by atoms with Gasteiger partial charge in [-0.05, 0) is 37.3 Å². The molecule has 0 saturated carbocycles. The first-order chi connectivity index (χ1) is 14.3. The molecule has 1 aliphatic rings. The molecule has 2 amide bonds. The lowest BCUT2D eigenvalue weighted by atomic mass is 9.95. The van der Waals surface area contributed by atoms with E-state index in [0.29, 0.717) is 25.1 Å². The number of hydrogen-bond acceptors (Lipinski definition) is 4. The van der Waals surface area contributed by atoms with Crippen LogP contribution in [0.25, 0.3) is 0 Å². The van der Waals surface area contributed by atoms with Gasteiger partial charge in [0.05, 0.1) is 12.1 Å². The molecule has 0 spiro atoms. The first-order valence-electron chi connectivity index (χ1n) is 10.1. The Morgan fingerprint density at radius 3 is 2.50 bits per heavy atom. The molecule has 0 aromatic heterocycles. The molecule has 1 heterocycles. The highest BCUT2D eigenvalue weighted by atomic mass is 16.2. The molecule has 1 saturated heterocycles. The summed E-state index contributed by atoms with van der Waals surface area (Å²) in [6, 6.07) is 14.5. The minimum atomic E-state index is -0.478. The van der Waals surface area contributed by atoms with Crippen LogP contribution in [-0.2, 0) is 16.1 Å². The van der Waals surface area contributed by atoms with Crippen LogP contribution in [0.1, 0.15) is 41.5 Å². The third kappa shape index (κ3) is 4.86. The maximum Gasteiger partial charge on any atom is 0.237 e. The molecule has 1 aliphatic heterocycles. The molecule has 158 valence electrons. The van der Waals surface area contributed by atoms with Gasteiger partial charge in [-0.15, -0.1) is 0 Å². The maximum absolute atomic E-state index is 12.8. The van der Waals surface area contributed by atoms with Crippen molar-refractivity contribution in [2.24, 2.45) is 11.5 Å². The van der Waals surface area contributed by atoms with Gasteiger partial charge in [-0.1, -0.05) is 54.1 Å². The fourth-order valence-electron chi connectivity index (χ4n) is 4.02. The number of benzene rings is 2. The van der Waals surface area contributed by atoms with Crippen LogP contribution in [0.2, 0.25) is 0 Å². The molecule has 3 atom stereocenters. The lowest BCUT2D eigenvalue weighted by Crippen LogP contribution is -2.51. The van der Waals surface area contributed by atoms with Gasteiger partial charge in [-0.3, -0.25) is 19.9 Å². The topological polar surface area (TPSA) is 125 Å². The number of likely N-dealkylation sites (tertiary alicyclic amines) is 1. The van der Waals surface area contributed by atoms with Gasteiger partial charge < -0.3 is 16.8 Å². The quantitative estimate of drug-likeness (QED) is 0.411. The van der Waals surface area contributed by atoms with Gasteiger partial charge in [-0.25, -0.2) is 0 Å². The van der Waals surface area contributed by atoms with Gasteiger partial charge in [0.15, 0.2) is 0 Å². The van der Waals surface area contributed by atoms with Crippen molar-refractivity contribution in [3.05, 3.63) is 70.8 Å². The van der Waals surface area contributed by atoms with Crippen LogP contribution in [0.4, 0.5) is 0 Å². The van der Waals surface area contributed by atoms with Crippen LogP contribution in [-0.4, -0.2) is 41.2 Å². The van der Waals surface area contributed by atoms with Gasteiger partial charge in [-0.2, -0.15) is 0 Å². The molecule has 2 aromatic rings. The van der Waals surface area contributed by atoms with Crippen molar-refractivity contribution in [3.63, 3.8) is 0 Å². The van der Waals surface area contributed by atoms with Crippen molar-refractivity contribution >= 4 is 17.6 Å². The fourth-order valence-corrected chi connectivity index (χ4v) is 4.02. The van der Waals surface area contributed by atoms with Crippen LogP contribution >= 0.6 is 0 Å². The van der Waals surface area contributed by atoms with Crippen molar-refractivity contribution in [1.82, 2.24) is 10.2 Å². The van der Waals surface area contributed by atoms with Crippen LogP contribution in [0, 0.1) is 12.3 Å². The van der Waals surface area contributed by atoms with Crippen LogP contribution < -0.4 is 16.8 Å². The number of amides is 2. The highest BCUT2D eigenvalue weighted by Gasteiger charge is 2.40. The summed E-state index contributed by atoms with van der Waals surface area (Å²) in [5.41, 5.74) is 15.0. The molecule has 6 N–H and O–H groups in total. The molecular formula is C23H29N5O2. The molecule has 0 bridgehead atoms. The number of aryl methyl sites for hydroxylation is 1. The summed E-state index contributed by atoms with van der Waals surface area (Å²) in [6.45, 7) is 4.82. The zero-order valence-corrected chi connectivity index (χ0v) is 17.4. The van der Waals surface area contributed by atoms with Crippen molar-refractivity contribution < 1.29 is 9.59 Å². The van der Waals surface area contributed by atoms with E-state index < -0.39 is 18.0 Å². The molecule has 3 rings (SSSR count). The second kappa shape index (κ2) is 9.09. The minimum absolute atomic E-state index is 0.00824. The number of carbonyl (C=O) groups is 2. The van der Waals surface area contributed by atoms with Gasteiger partial charge in [0.25, 0.3) is 0 Å². The van der Waals surface area contributed by atoms with E-state index in [1.165, 1.54) is 11.1 Å². The molecule has 1 fully saturated rings. The number of nitrogen functional groups attached to an aromatic ring is 1. The number of nitrogens with two attached hydrogens (primary N) is 2. The van der Waals surface area contributed by atoms with Gasteiger partial charge in [0.1, 0.15) is 5.84 Å². The minimum Gasteiger partial charge on any atom is -0.384 e. The summed E-state index contributed by atoms with van der Waals surface area (Å²) in [5, 5.41) is 10.4. The Bertz CT molecular complexity index is 941. The molecule has 2 aromatic carbocycles. The normalized spacial score (nSPS) is 19.9. The van der Waals surface area contributed by atoms with Gasteiger partial charge in [0.2, 0.25) is 11.8 Å². The highest BCUT2D eigenvalue weighted by molar-refractivity contribution is 5.94. The number of carbonyl (C=O) groups excluding carboxylic acids is 2. The van der Waals surface area contributed by atoms with Crippen molar-refractivity contribution in [3.8, 4) is 0 Å². The Morgan fingerprint density at radius 1 is 1.20 bits per heavy atom. The van der Waals surface area contributed by atoms with Crippen LogP contribution in [0.5, 0.6) is 0 Å². The molecule has 7 nitrogen and oxygen atoms in total. The summed E-state index contributed by atoms with van der Waals surface area (Å²) in [5.74, 6) is -0.378. The Hall–Kier alpha value is -3.19. The average Bonchev–Trinajstić information content (AvgIpc) is 3.17. The van der Waals surface area contributed by atoms with Crippen molar-refractivity contribution in [2.75, 3.05) is 6.54 Å². The average molecular weight is 408 g/mol. The van der Waals surface area contributed by atoms with Gasteiger partial charge in [0, 0.05) is 18.7 Å². The van der Waals surface area contributed by atoms with E-state index in [2.05, 4.69) is 17.4 Å².